The van der Waals surface area contributed by atoms with Crippen LogP contribution in [0.5, 0.6) is 0 Å². The zero-order valence-corrected chi connectivity index (χ0v) is 26.3. The zero-order valence-electron chi connectivity index (χ0n) is 26.3. The van der Waals surface area contributed by atoms with Gasteiger partial charge in [0.05, 0.1) is 44.6 Å². The Balaban J connectivity index is 1.34. The van der Waals surface area contributed by atoms with Crippen LogP contribution >= 0.6 is 0 Å². The largest absolute Gasteiger partial charge is 0.456 e. The van der Waals surface area contributed by atoms with E-state index >= 15 is 0 Å². The first-order chi connectivity index (χ1) is 24.7. The van der Waals surface area contributed by atoms with Crippen molar-refractivity contribution in [1.82, 2.24) is 9.13 Å². The van der Waals surface area contributed by atoms with Crippen LogP contribution in [0.15, 0.2) is 142 Å². The second-order valence-electron chi connectivity index (χ2n) is 12.7. The van der Waals surface area contributed by atoms with Crippen LogP contribution in [0.1, 0.15) is 11.1 Å². The molecular formula is C44H22N4O2. The Morgan fingerprint density at radius 1 is 0.360 bits per heavy atom. The highest BCUT2D eigenvalue weighted by molar-refractivity contribution is 6.19. The maximum absolute atomic E-state index is 10.8. The van der Waals surface area contributed by atoms with Crippen molar-refractivity contribution in [1.29, 1.82) is 10.5 Å². The van der Waals surface area contributed by atoms with Gasteiger partial charge in [-0.1, -0.05) is 72.8 Å². The van der Waals surface area contributed by atoms with Gasteiger partial charge >= 0.3 is 0 Å². The molecule has 6 nitrogen and oxygen atoms in total. The summed E-state index contributed by atoms with van der Waals surface area (Å²) in [6.07, 6.45) is 0. The molecule has 0 amide bonds. The van der Waals surface area contributed by atoms with Gasteiger partial charge in [0.2, 0.25) is 0 Å². The number of nitriles is 2. The summed E-state index contributed by atoms with van der Waals surface area (Å²) in [5.74, 6) is 0. The number of nitrogens with zero attached hydrogens (tertiary/aromatic N) is 4. The molecule has 0 aliphatic carbocycles. The number of furan rings is 2. The van der Waals surface area contributed by atoms with Gasteiger partial charge in [-0.2, -0.15) is 10.5 Å². The lowest BCUT2D eigenvalue weighted by Crippen LogP contribution is -2.08. The lowest BCUT2D eigenvalue weighted by molar-refractivity contribution is 0.669. The lowest BCUT2D eigenvalue weighted by Gasteiger charge is -2.19. The Morgan fingerprint density at radius 3 is 1.20 bits per heavy atom. The van der Waals surface area contributed by atoms with Gasteiger partial charge in [-0.05, 0) is 48.5 Å². The lowest BCUT2D eigenvalue weighted by atomic mass is 10.0. The maximum atomic E-state index is 10.8. The molecule has 50 heavy (non-hydrogen) atoms. The van der Waals surface area contributed by atoms with Crippen molar-refractivity contribution in [3.8, 4) is 23.5 Å². The number of rotatable bonds is 2. The molecule has 0 saturated heterocycles. The Bertz CT molecular complexity index is 3130. The number of aromatic nitrogens is 2. The third kappa shape index (κ3) is 3.39. The minimum atomic E-state index is 0.446. The zero-order chi connectivity index (χ0) is 33.1. The van der Waals surface area contributed by atoms with Crippen molar-refractivity contribution in [2.24, 2.45) is 0 Å². The summed E-state index contributed by atoms with van der Waals surface area (Å²) >= 11 is 0. The molecule has 0 fully saturated rings. The number of fused-ring (bicyclic) bond motifs is 12. The van der Waals surface area contributed by atoms with E-state index in [0.29, 0.717) is 22.5 Å². The molecule has 4 aromatic heterocycles. The summed E-state index contributed by atoms with van der Waals surface area (Å²) in [5, 5.41) is 29.8. The topological polar surface area (TPSA) is 83.7 Å². The van der Waals surface area contributed by atoms with Crippen LogP contribution in [0.2, 0.25) is 0 Å². The summed E-state index contributed by atoms with van der Waals surface area (Å²) in [6, 6.07) is 49.6. The van der Waals surface area contributed by atoms with Gasteiger partial charge in [-0.3, -0.25) is 0 Å². The van der Waals surface area contributed by atoms with E-state index in [1.165, 1.54) is 0 Å². The number of hydrogen-bond acceptors (Lipinski definition) is 4. The van der Waals surface area contributed by atoms with E-state index in [4.69, 9.17) is 8.83 Å². The van der Waals surface area contributed by atoms with E-state index in [1.807, 2.05) is 60.7 Å². The summed E-state index contributed by atoms with van der Waals surface area (Å²) in [4.78, 5) is 0. The molecule has 11 rings (SSSR count). The van der Waals surface area contributed by atoms with Crippen LogP contribution in [0, 0.1) is 22.7 Å². The Kier molecular flexibility index (Phi) is 5.16. The Labute approximate surface area is 283 Å². The molecule has 11 aromatic rings. The fourth-order valence-corrected chi connectivity index (χ4v) is 8.07. The molecule has 4 heterocycles. The molecule has 0 N–H and O–H groups in total. The van der Waals surface area contributed by atoms with Gasteiger partial charge in [-0.15, -0.1) is 0 Å². The average Bonchev–Trinajstić information content (AvgIpc) is 3.89. The molecule has 0 radical (unpaired) electrons. The summed E-state index contributed by atoms with van der Waals surface area (Å²) < 4.78 is 17.0. The highest BCUT2D eigenvalue weighted by Crippen LogP contribution is 2.44. The number of para-hydroxylation sites is 4. The van der Waals surface area contributed by atoms with E-state index in [-0.39, 0.29) is 0 Å². The van der Waals surface area contributed by atoms with E-state index in [2.05, 4.69) is 81.9 Å². The van der Waals surface area contributed by atoms with Gasteiger partial charge < -0.3 is 18.0 Å². The van der Waals surface area contributed by atoms with Crippen LogP contribution in [0.4, 0.5) is 0 Å². The molecule has 230 valence electrons. The third-order valence-electron chi connectivity index (χ3n) is 10.2. The molecule has 0 aliphatic heterocycles. The SMILES string of the molecule is N#Cc1ccc(C#N)c(-n2c3ccccc3c3cc4c(cc32)oc2ccccc24)c1-n1c2ccccc2c2cc3c(cc21)oc1ccccc13. The normalized spacial score (nSPS) is 12.0. The Hall–Kier alpha value is -7.28. The van der Waals surface area contributed by atoms with Crippen LogP contribution in [-0.4, -0.2) is 9.13 Å². The van der Waals surface area contributed by atoms with Crippen LogP contribution < -0.4 is 0 Å². The molecule has 0 saturated carbocycles. The summed E-state index contributed by atoms with van der Waals surface area (Å²) in [6.45, 7) is 0. The predicted octanol–water partition coefficient (Wildman–Crippen LogP) is 11.4. The van der Waals surface area contributed by atoms with Crippen LogP contribution in [-0.2, 0) is 0 Å². The van der Waals surface area contributed by atoms with Gasteiger partial charge in [0.15, 0.2) is 0 Å². The van der Waals surface area contributed by atoms with Crippen molar-refractivity contribution in [2.75, 3.05) is 0 Å². The van der Waals surface area contributed by atoms with E-state index in [0.717, 1.165) is 87.5 Å². The molecule has 0 bridgehead atoms. The smallest absolute Gasteiger partial charge is 0.137 e. The van der Waals surface area contributed by atoms with Gasteiger partial charge in [0, 0.05) is 55.2 Å². The van der Waals surface area contributed by atoms with E-state index < -0.39 is 0 Å². The molecule has 0 spiro atoms. The predicted molar refractivity (Wildman–Crippen MR) is 199 cm³/mol. The van der Waals surface area contributed by atoms with Crippen molar-refractivity contribution in [3.05, 3.63) is 145 Å². The average molecular weight is 639 g/mol. The quantitative estimate of drug-likeness (QED) is 0.189. The van der Waals surface area contributed by atoms with E-state index in [1.54, 1.807) is 12.1 Å². The molecule has 7 aromatic carbocycles. The Morgan fingerprint density at radius 2 is 0.760 bits per heavy atom. The number of hydrogen-bond donors (Lipinski definition) is 0. The minimum absolute atomic E-state index is 0.446. The maximum Gasteiger partial charge on any atom is 0.137 e. The highest BCUT2D eigenvalue weighted by atomic mass is 16.3. The van der Waals surface area contributed by atoms with Crippen molar-refractivity contribution in [2.45, 2.75) is 0 Å². The molecular weight excluding hydrogens is 617 g/mol. The molecule has 0 atom stereocenters. The van der Waals surface area contributed by atoms with Crippen molar-refractivity contribution >= 4 is 87.5 Å². The van der Waals surface area contributed by atoms with Crippen LogP contribution in [0.3, 0.4) is 0 Å². The van der Waals surface area contributed by atoms with Gasteiger partial charge in [0.25, 0.3) is 0 Å². The summed E-state index contributed by atoms with van der Waals surface area (Å²) in [5.41, 5.74) is 8.89. The monoisotopic (exact) mass is 638 g/mol. The van der Waals surface area contributed by atoms with Crippen molar-refractivity contribution in [3.63, 3.8) is 0 Å². The van der Waals surface area contributed by atoms with E-state index in [9.17, 15) is 10.5 Å². The minimum Gasteiger partial charge on any atom is -0.456 e. The first kappa shape index (κ1) is 26.8. The molecule has 0 aliphatic rings. The second-order valence-corrected chi connectivity index (χ2v) is 12.7. The fraction of sp³-hybridized carbons (Fsp3) is 0. The standard InChI is InChI=1S/C44H22N4O2/c45-23-25-17-18-26(24-46)44(48-36-14-6-2-10-28(36)32-20-34-30-12-4-8-16-40(30)50-42(34)22-38(32)48)43(25)47-35-13-5-1-9-27(35)31-19-33-29-11-3-7-15-39(29)49-41(33)21-37(31)47/h1-22H. The first-order valence-electron chi connectivity index (χ1n) is 16.4. The van der Waals surface area contributed by atoms with Crippen LogP contribution in [0.25, 0.3) is 98.9 Å². The van der Waals surface area contributed by atoms with Gasteiger partial charge in [0.1, 0.15) is 34.5 Å². The molecule has 6 heteroatoms. The first-order valence-corrected chi connectivity index (χ1v) is 16.4. The summed E-state index contributed by atoms with van der Waals surface area (Å²) in [7, 11) is 0. The second kappa shape index (κ2) is 9.64. The molecule has 0 unspecified atom stereocenters. The third-order valence-corrected chi connectivity index (χ3v) is 10.2. The fourth-order valence-electron chi connectivity index (χ4n) is 8.07. The number of benzene rings is 7. The highest BCUT2D eigenvalue weighted by Gasteiger charge is 2.26. The van der Waals surface area contributed by atoms with Gasteiger partial charge in [-0.25, -0.2) is 0 Å². The van der Waals surface area contributed by atoms with Crippen molar-refractivity contribution < 1.29 is 8.83 Å².